The predicted octanol–water partition coefficient (Wildman–Crippen LogP) is 2.12. The number of imidazole rings is 1. The van der Waals surface area contributed by atoms with E-state index in [1.165, 1.54) is 17.7 Å². The average Bonchev–Trinajstić information content (AvgIpc) is 3.36. The van der Waals surface area contributed by atoms with E-state index in [1.54, 1.807) is 12.5 Å². The lowest BCUT2D eigenvalue weighted by Crippen LogP contribution is -2.32. The predicted molar refractivity (Wildman–Crippen MR) is 101 cm³/mol. The van der Waals surface area contributed by atoms with Crippen molar-refractivity contribution in [2.75, 3.05) is 7.05 Å². The van der Waals surface area contributed by atoms with Gasteiger partial charge >= 0.3 is 0 Å². The molecule has 0 bridgehead atoms. The van der Waals surface area contributed by atoms with Crippen molar-refractivity contribution in [2.45, 2.75) is 25.8 Å². The maximum Gasteiger partial charge on any atom is 0.263 e. The monoisotopic (exact) mass is 364 g/mol. The molecule has 7 nitrogen and oxygen atoms in total. The molecule has 3 aromatic rings. The molecule has 1 aliphatic carbocycles. The zero-order valence-corrected chi connectivity index (χ0v) is 15.0. The van der Waals surface area contributed by atoms with Gasteiger partial charge in [0.15, 0.2) is 5.78 Å². The zero-order chi connectivity index (χ0) is 19.0. The number of ketones is 1. The number of benzene rings is 1. The number of nitrogens with zero attached hydrogens (tertiary/aromatic N) is 2. The molecule has 1 aliphatic rings. The van der Waals surface area contributed by atoms with Crippen LogP contribution in [0.1, 0.15) is 45.5 Å². The number of fused-ring (bicyclic) bond motifs is 1. The summed E-state index contributed by atoms with van der Waals surface area (Å²) in [6.07, 6.45) is 5.78. The fourth-order valence-electron chi connectivity index (χ4n) is 3.18. The van der Waals surface area contributed by atoms with Crippen LogP contribution in [0.25, 0.3) is 11.0 Å². The molecule has 4 rings (SSSR count). The van der Waals surface area contributed by atoms with Crippen LogP contribution in [0.15, 0.2) is 41.6 Å². The Balaban J connectivity index is 1.73. The van der Waals surface area contributed by atoms with E-state index in [-0.39, 0.29) is 17.9 Å². The topological polar surface area (TPSA) is 96.8 Å². The second kappa shape index (κ2) is 6.83. The molecule has 0 aliphatic heterocycles. The molecule has 0 radical (unpaired) electrons. The van der Waals surface area contributed by atoms with Gasteiger partial charge in [0.25, 0.3) is 11.5 Å². The number of Topliss-reactive ketones (excluding diaryl/α,β-unsaturated/α-hetero) is 1. The summed E-state index contributed by atoms with van der Waals surface area (Å²) in [5.74, 6) is -0.0802. The Labute approximate surface area is 155 Å². The minimum Gasteiger partial charge on any atom is -0.355 e. The van der Waals surface area contributed by atoms with Gasteiger partial charge in [0, 0.05) is 25.2 Å². The van der Waals surface area contributed by atoms with Crippen molar-refractivity contribution in [2.24, 2.45) is 5.92 Å². The number of nitrogens with one attached hydrogen (secondary N) is 2. The summed E-state index contributed by atoms with van der Waals surface area (Å²) in [4.78, 5) is 44.7. The molecule has 27 heavy (non-hydrogen) atoms. The Morgan fingerprint density at radius 3 is 2.85 bits per heavy atom. The minimum absolute atomic E-state index is 0.0123. The maximum absolute atomic E-state index is 12.8. The van der Waals surface area contributed by atoms with Crippen molar-refractivity contribution in [1.29, 1.82) is 0 Å². The first-order valence-corrected chi connectivity index (χ1v) is 8.97. The minimum atomic E-state index is -0.487. The smallest absolute Gasteiger partial charge is 0.263 e. The van der Waals surface area contributed by atoms with Crippen LogP contribution in [0.2, 0.25) is 0 Å². The molecular weight excluding hydrogens is 344 g/mol. The number of aromatic amines is 1. The molecule has 0 saturated heterocycles. The first-order chi connectivity index (χ1) is 13.0. The molecule has 2 N–H and O–H groups in total. The number of hydrogen-bond donors (Lipinski definition) is 2. The lowest BCUT2D eigenvalue weighted by Gasteiger charge is -2.11. The Bertz CT molecular complexity index is 1090. The number of H-pyrrole nitrogens is 1. The molecule has 1 fully saturated rings. The van der Waals surface area contributed by atoms with Crippen molar-refractivity contribution >= 4 is 22.7 Å². The summed E-state index contributed by atoms with van der Waals surface area (Å²) in [5, 5.41) is 2.48. The number of rotatable bonds is 6. The highest BCUT2D eigenvalue weighted by Crippen LogP contribution is 2.33. The van der Waals surface area contributed by atoms with Crippen LogP contribution in [-0.4, -0.2) is 33.3 Å². The van der Waals surface area contributed by atoms with Gasteiger partial charge in [0.2, 0.25) is 0 Å². The van der Waals surface area contributed by atoms with Crippen LogP contribution in [0.3, 0.4) is 0 Å². The van der Waals surface area contributed by atoms with Crippen LogP contribution in [0, 0.1) is 5.92 Å². The van der Waals surface area contributed by atoms with Crippen LogP contribution >= 0.6 is 0 Å². The number of hydrogen-bond acceptors (Lipinski definition) is 4. The van der Waals surface area contributed by atoms with Crippen molar-refractivity contribution in [1.82, 2.24) is 19.9 Å². The van der Waals surface area contributed by atoms with Gasteiger partial charge < -0.3 is 14.9 Å². The Morgan fingerprint density at radius 1 is 1.30 bits per heavy atom. The van der Waals surface area contributed by atoms with Gasteiger partial charge in [-0.05, 0) is 42.5 Å². The van der Waals surface area contributed by atoms with Crippen LogP contribution in [0.5, 0.6) is 0 Å². The molecule has 1 amide bonds. The van der Waals surface area contributed by atoms with Crippen molar-refractivity contribution < 1.29 is 9.59 Å². The van der Waals surface area contributed by atoms with E-state index in [0.717, 1.165) is 29.4 Å². The fraction of sp³-hybridized carbons (Fsp3) is 0.300. The number of aromatic nitrogens is 3. The third-order valence-electron chi connectivity index (χ3n) is 4.89. The summed E-state index contributed by atoms with van der Waals surface area (Å²) >= 11 is 0. The molecule has 138 valence electrons. The van der Waals surface area contributed by atoms with Crippen LogP contribution in [-0.2, 0) is 6.54 Å². The molecule has 1 aromatic carbocycles. The summed E-state index contributed by atoms with van der Waals surface area (Å²) in [6.45, 7) is 0.266. The third kappa shape index (κ3) is 3.53. The van der Waals surface area contributed by atoms with Crippen LogP contribution < -0.4 is 10.9 Å². The summed E-state index contributed by atoms with van der Waals surface area (Å²) in [7, 11) is 1.47. The van der Waals surface area contributed by atoms with Crippen molar-refractivity contribution in [3.05, 3.63) is 63.8 Å². The van der Waals surface area contributed by atoms with Gasteiger partial charge in [0.05, 0.1) is 23.9 Å². The lowest BCUT2D eigenvalue weighted by atomic mass is 10.0. The van der Waals surface area contributed by atoms with E-state index in [9.17, 15) is 14.4 Å². The van der Waals surface area contributed by atoms with E-state index in [1.807, 2.05) is 18.2 Å². The molecule has 1 saturated carbocycles. The van der Waals surface area contributed by atoms with E-state index < -0.39 is 11.5 Å². The second-order valence-electron chi connectivity index (χ2n) is 6.98. The Hall–Kier alpha value is -3.22. The molecule has 0 unspecified atom stereocenters. The van der Waals surface area contributed by atoms with E-state index in [0.29, 0.717) is 17.9 Å². The molecule has 2 aromatic heterocycles. The Morgan fingerprint density at radius 2 is 2.11 bits per heavy atom. The molecule has 2 heterocycles. The van der Waals surface area contributed by atoms with Crippen molar-refractivity contribution in [3.8, 4) is 0 Å². The van der Waals surface area contributed by atoms with Gasteiger partial charge in [-0.15, -0.1) is 0 Å². The maximum atomic E-state index is 12.8. The third-order valence-corrected chi connectivity index (χ3v) is 4.89. The summed E-state index contributed by atoms with van der Waals surface area (Å²) in [6, 6.07) is 7.08. The number of carbonyl (C=O) groups excluding carboxylic acids is 2. The normalized spacial score (nSPS) is 13.7. The summed E-state index contributed by atoms with van der Waals surface area (Å²) < 4.78 is 1.43. The van der Waals surface area contributed by atoms with Gasteiger partial charge in [-0.2, -0.15) is 0 Å². The fourth-order valence-corrected chi connectivity index (χ4v) is 3.18. The number of amides is 1. The molecular formula is C20H20N4O3. The van der Waals surface area contributed by atoms with Gasteiger partial charge in [0.1, 0.15) is 5.56 Å². The lowest BCUT2D eigenvalue weighted by molar-refractivity contribution is 0.0961. The first kappa shape index (κ1) is 17.2. The standard InChI is InChI=1S/C20H20N4O3/c1-21-19(26)15-8-14(18(25)7-12-2-3-12)10-24(20(15)27)9-13-4-5-16-17(6-13)23-11-22-16/h4-6,8,10-12H,2-3,7,9H2,1H3,(H,21,26)(H,22,23). The number of pyridine rings is 1. The molecule has 0 atom stereocenters. The highest BCUT2D eigenvalue weighted by atomic mass is 16.2. The largest absolute Gasteiger partial charge is 0.355 e. The van der Waals surface area contributed by atoms with E-state index in [2.05, 4.69) is 15.3 Å². The summed E-state index contributed by atoms with van der Waals surface area (Å²) in [5.41, 5.74) is 2.56. The molecule has 7 heteroatoms. The number of carbonyl (C=O) groups is 2. The SMILES string of the molecule is CNC(=O)c1cc(C(=O)CC2CC2)cn(Cc2ccc3nc[nH]c3c2)c1=O. The quantitative estimate of drug-likeness (QED) is 0.655. The highest BCUT2D eigenvalue weighted by Gasteiger charge is 2.26. The first-order valence-electron chi connectivity index (χ1n) is 8.97. The van der Waals surface area contributed by atoms with Crippen LogP contribution in [0.4, 0.5) is 0 Å². The second-order valence-corrected chi connectivity index (χ2v) is 6.98. The van der Waals surface area contributed by atoms with Crippen molar-refractivity contribution in [3.63, 3.8) is 0 Å². The van der Waals surface area contributed by atoms with E-state index in [4.69, 9.17) is 0 Å². The van der Waals surface area contributed by atoms with Gasteiger partial charge in [-0.3, -0.25) is 14.4 Å². The Kier molecular flexibility index (Phi) is 4.35. The van der Waals surface area contributed by atoms with Gasteiger partial charge in [-0.25, -0.2) is 4.98 Å². The highest BCUT2D eigenvalue weighted by molar-refractivity contribution is 6.00. The van der Waals surface area contributed by atoms with Gasteiger partial charge in [-0.1, -0.05) is 6.07 Å². The molecule has 0 spiro atoms. The van der Waals surface area contributed by atoms with E-state index >= 15 is 0 Å². The zero-order valence-electron chi connectivity index (χ0n) is 15.0. The average molecular weight is 364 g/mol.